The lowest BCUT2D eigenvalue weighted by molar-refractivity contribution is 0.0486. The molecule has 0 saturated carbocycles. The number of carbonyl (C=O) groups is 1. The standard InChI is InChI=1S/C27H29NO5/c1-2-3-6-15-31-19-13-11-18(12-14-19)24-23-25(29)21-9-4-5-10-22(21)33-26(23)27(30)28(24)17-20-8-7-16-32-20/h4-5,9-14,20,24H,2-3,6-8,15-17H2,1H3. The van der Waals surface area contributed by atoms with Crippen LogP contribution in [0.2, 0.25) is 0 Å². The van der Waals surface area contributed by atoms with Crippen LogP contribution in [0.5, 0.6) is 5.75 Å². The van der Waals surface area contributed by atoms with Crippen molar-refractivity contribution >= 4 is 16.9 Å². The average Bonchev–Trinajstić information content (AvgIpc) is 3.45. The first-order valence-corrected chi connectivity index (χ1v) is 11.9. The third kappa shape index (κ3) is 4.15. The van der Waals surface area contributed by atoms with Gasteiger partial charge in [0, 0.05) is 13.2 Å². The number of para-hydroxylation sites is 1. The summed E-state index contributed by atoms with van der Waals surface area (Å²) in [6.07, 6.45) is 5.16. The third-order valence-electron chi connectivity index (χ3n) is 6.51. The van der Waals surface area contributed by atoms with E-state index in [9.17, 15) is 9.59 Å². The topological polar surface area (TPSA) is 69.0 Å². The van der Waals surface area contributed by atoms with Gasteiger partial charge in [0.1, 0.15) is 11.3 Å². The van der Waals surface area contributed by atoms with Crippen molar-refractivity contribution < 1.29 is 18.7 Å². The number of hydrogen-bond acceptors (Lipinski definition) is 5. The van der Waals surface area contributed by atoms with E-state index in [0.29, 0.717) is 36.3 Å². The van der Waals surface area contributed by atoms with E-state index < -0.39 is 6.04 Å². The molecule has 172 valence electrons. The van der Waals surface area contributed by atoms with Crippen molar-refractivity contribution in [1.82, 2.24) is 4.90 Å². The Bertz CT molecular complexity index is 1190. The molecule has 6 heteroatoms. The SMILES string of the molecule is CCCCCOc1ccc(C2c3c(oc4ccccc4c3=O)C(=O)N2CC2CCCO2)cc1. The van der Waals surface area contributed by atoms with Gasteiger partial charge in [-0.25, -0.2) is 0 Å². The molecule has 2 aliphatic rings. The Morgan fingerprint density at radius 3 is 2.64 bits per heavy atom. The van der Waals surface area contributed by atoms with Crippen LogP contribution in [0, 0.1) is 0 Å². The zero-order valence-corrected chi connectivity index (χ0v) is 18.9. The molecule has 33 heavy (non-hydrogen) atoms. The van der Waals surface area contributed by atoms with Gasteiger partial charge in [0.25, 0.3) is 5.91 Å². The summed E-state index contributed by atoms with van der Waals surface area (Å²) in [4.78, 5) is 28.7. The van der Waals surface area contributed by atoms with E-state index in [2.05, 4.69) is 6.92 Å². The fourth-order valence-corrected chi connectivity index (χ4v) is 4.80. The monoisotopic (exact) mass is 447 g/mol. The summed E-state index contributed by atoms with van der Waals surface area (Å²) >= 11 is 0. The van der Waals surface area contributed by atoms with Crippen LogP contribution in [0.25, 0.3) is 11.0 Å². The van der Waals surface area contributed by atoms with Crippen LogP contribution in [0.1, 0.15) is 66.8 Å². The summed E-state index contributed by atoms with van der Waals surface area (Å²) in [7, 11) is 0. The molecule has 1 fully saturated rings. The van der Waals surface area contributed by atoms with Crippen molar-refractivity contribution in [2.24, 2.45) is 0 Å². The van der Waals surface area contributed by atoms with E-state index in [1.807, 2.05) is 30.3 Å². The van der Waals surface area contributed by atoms with Gasteiger partial charge in [-0.05, 0) is 49.1 Å². The molecule has 6 nitrogen and oxygen atoms in total. The van der Waals surface area contributed by atoms with Crippen molar-refractivity contribution in [3.8, 4) is 5.75 Å². The lowest BCUT2D eigenvalue weighted by Gasteiger charge is -2.27. The number of carbonyl (C=O) groups excluding carboxylic acids is 1. The van der Waals surface area contributed by atoms with Gasteiger partial charge in [-0.15, -0.1) is 0 Å². The van der Waals surface area contributed by atoms with Crippen molar-refractivity contribution in [1.29, 1.82) is 0 Å². The second-order valence-corrected chi connectivity index (χ2v) is 8.79. The first-order chi connectivity index (χ1) is 16.2. The van der Waals surface area contributed by atoms with Crippen molar-refractivity contribution in [2.75, 3.05) is 19.8 Å². The van der Waals surface area contributed by atoms with E-state index in [1.54, 1.807) is 23.1 Å². The van der Waals surface area contributed by atoms with Crippen molar-refractivity contribution in [3.63, 3.8) is 0 Å². The highest BCUT2D eigenvalue weighted by Gasteiger charge is 2.43. The molecule has 3 aromatic rings. The van der Waals surface area contributed by atoms with Crippen LogP contribution in [-0.2, 0) is 4.74 Å². The van der Waals surface area contributed by atoms with Crippen LogP contribution in [0.15, 0.2) is 57.7 Å². The second kappa shape index (κ2) is 9.40. The Morgan fingerprint density at radius 1 is 1.06 bits per heavy atom. The Kier molecular flexibility index (Phi) is 6.18. The Morgan fingerprint density at radius 2 is 1.88 bits per heavy atom. The number of rotatable bonds is 8. The van der Waals surface area contributed by atoms with Gasteiger partial charge >= 0.3 is 0 Å². The van der Waals surface area contributed by atoms with Crippen LogP contribution < -0.4 is 10.2 Å². The molecule has 2 aromatic carbocycles. The molecule has 0 N–H and O–H groups in total. The highest BCUT2D eigenvalue weighted by Crippen LogP contribution is 2.39. The molecule has 0 bridgehead atoms. The molecule has 1 saturated heterocycles. The predicted octanol–water partition coefficient (Wildman–Crippen LogP) is 5.09. The normalized spacial score (nSPS) is 19.9. The summed E-state index contributed by atoms with van der Waals surface area (Å²) in [5, 5.41) is 0.490. The molecule has 0 aliphatic carbocycles. The fraction of sp³-hybridized carbons (Fsp3) is 0.407. The van der Waals surface area contributed by atoms with E-state index in [4.69, 9.17) is 13.9 Å². The quantitative estimate of drug-likeness (QED) is 0.450. The maximum atomic E-state index is 13.5. The van der Waals surface area contributed by atoms with Crippen LogP contribution in [0.3, 0.4) is 0 Å². The van der Waals surface area contributed by atoms with E-state index in [1.165, 1.54) is 0 Å². The van der Waals surface area contributed by atoms with Gasteiger partial charge in [0.15, 0.2) is 5.43 Å². The van der Waals surface area contributed by atoms with Crippen molar-refractivity contribution in [3.05, 3.63) is 75.6 Å². The molecule has 2 atom stereocenters. The summed E-state index contributed by atoms with van der Waals surface area (Å²) in [5.74, 6) is 0.672. The van der Waals surface area contributed by atoms with Gasteiger partial charge in [-0.3, -0.25) is 9.59 Å². The zero-order valence-electron chi connectivity index (χ0n) is 18.9. The summed E-state index contributed by atoms with van der Waals surface area (Å²) in [6.45, 7) is 3.98. The van der Waals surface area contributed by atoms with Gasteiger partial charge < -0.3 is 18.8 Å². The molecule has 1 amide bonds. The van der Waals surface area contributed by atoms with Crippen LogP contribution in [-0.4, -0.2) is 36.7 Å². The van der Waals surface area contributed by atoms with E-state index >= 15 is 0 Å². The first kappa shape index (κ1) is 21.7. The average molecular weight is 448 g/mol. The first-order valence-electron chi connectivity index (χ1n) is 11.9. The maximum absolute atomic E-state index is 13.5. The minimum absolute atomic E-state index is 0.0311. The smallest absolute Gasteiger partial charge is 0.291 e. The molecule has 3 heterocycles. The van der Waals surface area contributed by atoms with Gasteiger partial charge in [0.05, 0.1) is 29.7 Å². The minimum atomic E-state index is -0.508. The lowest BCUT2D eigenvalue weighted by atomic mass is 9.98. The summed E-state index contributed by atoms with van der Waals surface area (Å²) in [6, 6.07) is 14.3. The maximum Gasteiger partial charge on any atom is 0.291 e. The molecule has 1 aromatic heterocycles. The number of nitrogens with zero attached hydrogens (tertiary/aromatic N) is 1. The second-order valence-electron chi connectivity index (χ2n) is 8.79. The number of hydrogen-bond donors (Lipinski definition) is 0. The van der Waals surface area contributed by atoms with Gasteiger partial charge in [-0.2, -0.15) is 0 Å². The van der Waals surface area contributed by atoms with E-state index in [0.717, 1.165) is 43.4 Å². The number of amides is 1. The molecule has 2 aliphatic heterocycles. The number of ether oxygens (including phenoxy) is 2. The molecule has 0 radical (unpaired) electrons. The summed E-state index contributed by atoms with van der Waals surface area (Å²) in [5.41, 5.74) is 1.56. The van der Waals surface area contributed by atoms with Gasteiger partial charge in [-0.1, -0.05) is 44.0 Å². The predicted molar refractivity (Wildman–Crippen MR) is 126 cm³/mol. The Balaban J connectivity index is 1.52. The van der Waals surface area contributed by atoms with E-state index in [-0.39, 0.29) is 23.2 Å². The minimum Gasteiger partial charge on any atom is -0.494 e. The van der Waals surface area contributed by atoms with Crippen molar-refractivity contribution in [2.45, 2.75) is 51.2 Å². The van der Waals surface area contributed by atoms with Gasteiger partial charge in [0.2, 0.25) is 5.76 Å². The third-order valence-corrected chi connectivity index (χ3v) is 6.51. The highest BCUT2D eigenvalue weighted by molar-refractivity contribution is 5.99. The van der Waals surface area contributed by atoms with Crippen LogP contribution >= 0.6 is 0 Å². The van der Waals surface area contributed by atoms with Crippen LogP contribution in [0.4, 0.5) is 0 Å². The molecule has 0 spiro atoms. The molecular formula is C27H29NO5. The molecular weight excluding hydrogens is 418 g/mol. The zero-order chi connectivity index (χ0) is 22.8. The largest absolute Gasteiger partial charge is 0.494 e. The number of fused-ring (bicyclic) bond motifs is 2. The fourth-order valence-electron chi connectivity index (χ4n) is 4.80. The molecule has 5 rings (SSSR count). The number of unbranched alkanes of at least 4 members (excludes halogenated alkanes) is 2. The summed E-state index contributed by atoms with van der Waals surface area (Å²) < 4.78 is 17.7. The Labute approximate surface area is 193 Å². The lowest BCUT2D eigenvalue weighted by Crippen LogP contribution is -2.36. The molecule has 2 unspecified atom stereocenters. The number of benzene rings is 2. The Hall–Kier alpha value is -3.12. The highest BCUT2D eigenvalue weighted by atomic mass is 16.5.